The molecule has 1 aromatic heterocycles. The molecular weight excluding hydrogens is 268 g/mol. The molecule has 1 aliphatic heterocycles. The molecule has 1 saturated heterocycles. The van der Waals surface area contributed by atoms with E-state index in [1.807, 2.05) is 18.3 Å². The second-order valence-electron chi connectivity index (χ2n) is 4.16. The van der Waals surface area contributed by atoms with Gasteiger partial charge in [0.2, 0.25) is 0 Å². The Morgan fingerprint density at radius 3 is 3.12 bits per heavy atom. The average molecular weight is 285 g/mol. The maximum Gasteiger partial charge on any atom is 0.0542 e. The highest BCUT2D eigenvalue weighted by molar-refractivity contribution is 9.10. The van der Waals surface area contributed by atoms with Gasteiger partial charge in [-0.15, -0.1) is 0 Å². The summed E-state index contributed by atoms with van der Waals surface area (Å²) in [6, 6.07) is 4.06. The highest BCUT2D eigenvalue weighted by atomic mass is 79.9. The summed E-state index contributed by atoms with van der Waals surface area (Å²) in [6.45, 7) is 3.78. The third-order valence-electron chi connectivity index (χ3n) is 2.85. The summed E-state index contributed by atoms with van der Waals surface area (Å²) in [5, 5.41) is 3.41. The molecule has 1 atom stereocenters. The van der Waals surface area contributed by atoms with Crippen molar-refractivity contribution in [3.8, 4) is 0 Å². The lowest BCUT2D eigenvalue weighted by Crippen LogP contribution is -2.18. The fourth-order valence-electron chi connectivity index (χ4n) is 1.84. The normalized spacial score (nSPS) is 20.2. The van der Waals surface area contributed by atoms with E-state index in [1.165, 1.54) is 12.8 Å². The summed E-state index contributed by atoms with van der Waals surface area (Å²) in [5.41, 5.74) is 1.09. The minimum Gasteiger partial charge on any atom is -0.381 e. The molecule has 0 radical (unpaired) electrons. The molecule has 1 unspecified atom stereocenters. The molecule has 88 valence electrons. The SMILES string of the molecule is Brc1ccc(CNCCC2CCOC2)nc1. The van der Waals surface area contributed by atoms with Gasteiger partial charge in [0.1, 0.15) is 0 Å². The van der Waals surface area contributed by atoms with Crippen LogP contribution in [0.5, 0.6) is 0 Å². The molecule has 0 amide bonds. The number of rotatable bonds is 5. The van der Waals surface area contributed by atoms with Gasteiger partial charge in [-0.25, -0.2) is 0 Å². The standard InChI is InChI=1S/C12H17BrN2O/c13-11-1-2-12(15-7-11)8-14-5-3-10-4-6-16-9-10/h1-2,7,10,14H,3-6,8-9H2. The summed E-state index contributed by atoms with van der Waals surface area (Å²) in [7, 11) is 0. The van der Waals surface area contributed by atoms with Gasteiger partial charge < -0.3 is 10.1 Å². The van der Waals surface area contributed by atoms with Gasteiger partial charge in [0.05, 0.1) is 5.69 Å². The van der Waals surface area contributed by atoms with E-state index in [1.54, 1.807) is 0 Å². The van der Waals surface area contributed by atoms with Crippen molar-refractivity contribution in [1.82, 2.24) is 10.3 Å². The fraction of sp³-hybridized carbons (Fsp3) is 0.583. The predicted molar refractivity (Wildman–Crippen MR) is 67.2 cm³/mol. The smallest absolute Gasteiger partial charge is 0.0542 e. The number of pyridine rings is 1. The van der Waals surface area contributed by atoms with Crippen LogP contribution in [-0.2, 0) is 11.3 Å². The maximum absolute atomic E-state index is 5.34. The van der Waals surface area contributed by atoms with E-state index in [9.17, 15) is 0 Å². The Bertz CT molecular complexity index is 309. The van der Waals surface area contributed by atoms with E-state index >= 15 is 0 Å². The number of nitrogens with one attached hydrogen (secondary N) is 1. The molecule has 1 N–H and O–H groups in total. The minimum atomic E-state index is 0.755. The summed E-state index contributed by atoms with van der Waals surface area (Å²) < 4.78 is 6.37. The molecule has 4 heteroatoms. The molecule has 2 rings (SSSR count). The zero-order chi connectivity index (χ0) is 11.2. The van der Waals surface area contributed by atoms with E-state index in [2.05, 4.69) is 26.2 Å². The Balaban J connectivity index is 1.62. The molecule has 1 aromatic rings. The first-order chi connectivity index (χ1) is 7.84. The minimum absolute atomic E-state index is 0.755. The third kappa shape index (κ3) is 3.85. The molecular formula is C12H17BrN2O. The predicted octanol–water partition coefficient (Wildman–Crippen LogP) is 2.36. The molecule has 2 heterocycles. The maximum atomic E-state index is 5.34. The van der Waals surface area contributed by atoms with Crippen LogP contribution in [0.3, 0.4) is 0 Å². The van der Waals surface area contributed by atoms with Crippen LogP contribution in [0.4, 0.5) is 0 Å². The number of ether oxygens (including phenoxy) is 1. The van der Waals surface area contributed by atoms with E-state index in [0.29, 0.717) is 0 Å². The van der Waals surface area contributed by atoms with Crippen molar-refractivity contribution >= 4 is 15.9 Å². The Kier molecular flexibility index (Phi) is 4.75. The summed E-state index contributed by atoms with van der Waals surface area (Å²) in [5.74, 6) is 0.755. The van der Waals surface area contributed by atoms with Crippen LogP contribution in [0.15, 0.2) is 22.8 Å². The van der Waals surface area contributed by atoms with Crippen molar-refractivity contribution in [2.75, 3.05) is 19.8 Å². The molecule has 16 heavy (non-hydrogen) atoms. The largest absolute Gasteiger partial charge is 0.381 e. The molecule has 1 aliphatic rings. The van der Waals surface area contributed by atoms with Gasteiger partial charge >= 0.3 is 0 Å². The summed E-state index contributed by atoms with van der Waals surface area (Å²) in [4.78, 5) is 4.31. The lowest BCUT2D eigenvalue weighted by atomic mass is 10.1. The van der Waals surface area contributed by atoms with Crippen LogP contribution >= 0.6 is 15.9 Å². The highest BCUT2D eigenvalue weighted by Crippen LogP contribution is 2.15. The van der Waals surface area contributed by atoms with E-state index in [-0.39, 0.29) is 0 Å². The second kappa shape index (κ2) is 6.33. The first-order valence-electron chi connectivity index (χ1n) is 5.73. The second-order valence-corrected chi connectivity index (χ2v) is 5.08. The number of halogens is 1. The van der Waals surface area contributed by atoms with Gasteiger partial charge in [-0.05, 0) is 53.4 Å². The zero-order valence-corrected chi connectivity index (χ0v) is 10.9. The molecule has 0 aliphatic carbocycles. The van der Waals surface area contributed by atoms with Gasteiger partial charge in [-0.3, -0.25) is 4.98 Å². The Labute approximate surface area is 105 Å². The molecule has 1 fully saturated rings. The topological polar surface area (TPSA) is 34.1 Å². The average Bonchev–Trinajstić information content (AvgIpc) is 2.80. The van der Waals surface area contributed by atoms with Crippen LogP contribution in [0.1, 0.15) is 18.5 Å². The summed E-state index contributed by atoms with van der Waals surface area (Å²) in [6.07, 6.45) is 4.26. The van der Waals surface area contributed by atoms with E-state index < -0.39 is 0 Å². The highest BCUT2D eigenvalue weighted by Gasteiger charge is 2.14. The van der Waals surface area contributed by atoms with Crippen molar-refractivity contribution < 1.29 is 4.74 Å². The van der Waals surface area contributed by atoms with Crippen molar-refractivity contribution in [1.29, 1.82) is 0 Å². The monoisotopic (exact) mass is 284 g/mol. The van der Waals surface area contributed by atoms with Crippen LogP contribution in [0, 0.1) is 5.92 Å². The van der Waals surface area contributed by atoms with Crippen molar-refractivity contribution in [3.63, 3.8) is 0 Å². The van der Waals surface area contributed by atoms with Crippen molar-refractivity contribution in [2.45, 2.75) is 19.4 Å². The van der Waals surface area contributed by atoms with E-state index in [0.717, 1.165) is 42.4 Å². The van der Waals surface area contributed by atoms with Crippen molar-refractivity contribution in [3.05, 3.63) is 28.5 Å². The molecule has 3 nitrogen and oxygen atoms in total. The number of hydrogen-bond acceptors (Lipinski definition) is 3. The van der Waals surface area contributed by atoms with Crippen LogP contribution < -0.4 is 5.32 Å². The fourth-order valence-corrected chi connectivity index (χ4v) is 2.08. The quantitative estimate of drug-likeness (QED) is 0.843. The van der Waals surface area contributed by atoms with Gasteiger partial charge in [0, 0.05) is 30.4 Å². The van der Waals surface area contributed by atoms with Crippen LogP contribution in [0.2, 0.25) is 0 Å². The lowest BCUT2D eigenvalue weighted by Gasteiger charge is -2.08. The number of hydrogen-bond donors (Lipinski definition) is 1. The van der Waals surface area contributed by atoms with Crippen LogP contribution in [-0.4, -0.2) is 24.7 Å². The van der Waals surface area contributed by atoms with Crippen molar-refractivity contribution in [2.24, 2.45) is 5.92 Å². The molecule has 0 bridgehead atoms. The van der Waals surface area contributed by atoms with Gasteiger partial charge in [-0.2, -0.15) is 0 Å². The van der Waals surface area contributed by atoms with Gasteiger partial charge in [0.25, 0.3) is 0 Å². The van der Waals surface area contributed by atoms with Gasteiger partial charge in [0.15, 0.2) is 0 Å². The first-order valence-corrected chi connectivity index (χ1v) is 6.53. The molecule has 0 spiro atoms. The third-order valence-corrected chi connectivity index (χ3v) is 3.32. The molecule has 0 aromatic carbocycles. The van der Waals surface area contributed by atoms with Gasteiger partial charge in [-0.1, -0.05) is 0 Å². The number of aromatic nitrogens is 1. The zero-order valence-electron chi connectivity index (χ0n) is 9.29. The first kappa shape index (κ1) is 12.0. The lowest BCUT2D eigenvalue weighted by molar-refractivity contribution is 0.184. The molecule has 0 saturated carbocycles. The Morgan fingerprint density at radius 1 is 1.50 bits per heavy atom. The Hall–Kier alpha value is -0.450. The Morgan fingerprint density at radius 2 is 2.44 bits per heavy atom. The van der Waals surface area contributed by atoms with Crippen LogP contribution in [0.25, 0.3) is 0 Å². The number of nitrogens with zero attached hydrogens (tertiary/aromatic N) is 1. The summed E-state index contributed by atoms with van der Waals surface area (Å²) >= 11 is 3.38. The van der Waals surface area contributed by atoms with E-state index in [4.69, 9.17) is 4.74 Å².